The summed E-state index contributed by atoms with van der Waals surface area (Å²) < 4.78 is 14.0. The number of carbonyl (C=O) groups excluding carboxylic acids is 4. The van der Waals surface area contributed by atoms with Gasteiger partial charge in [0, 0.05) is 59.2 Å². The summed E-state index contributed by atoms with van der Waals surface area (Å²) in [7, 11) is 3.22. The van der Waals surface area contributed by atoms with Gasteiger partial charge in [-0.15, -0.1) is 11.3 Å². The monoisotopic (exact) mass is 831 g/mol. The zero-order chi connectivity index (χ0) is 41.1. The number of phenolic OH excluding ortho intramolecular Hbond substituents is 1. The number of methoxy groups -OCH3 is 1. The number of aryl methyl sites for hydroxylation is 2. The van der Waals surface area contributed by atoms with E-state index in [1.807, 2.05) is 62.4 Å². The number of thiophene rings is 1. The molecular formula is C45H42ClN5O7S. The number of allylic oxidation sites excluding steroid dienone is 2. The molecule has 5 aliphatic rings. The normalized spacial score (nSPS) is 26.7. The number of ether oxygens (including phenoxy) is 2. The van der Waals surface area contributed by atoms with Crippen molar-refractivity contribution in [2.45, 2.75) is 32.6 Å². The quantitative estimate of drug-likeness (QED) is 0.139. The Balaban J connectivity index is 1.05. The molecule has 2 aliphatic carbocycles. The van der Waals surface area contributed by atoms with Crippen LogP contribution < -0.4 is 19.4 Å². The molecule has 2 aromatic heterocycles. The second kappa shape index (κ2) is 13.8. The highest BCUT2D eigenvalue weighted by molar-refractivity contribution is 7.22. The van der Waals surface area contributed by atoms with Crippen LogP contribution in [-0.4, -0.2) is 71.9 Å². The van der Waals surface area contributed by atoms with E-state index < -0.39 is 35.0 Å². The molecule has 5 aromatic rings. The molecule has 3 saturated heterocycles. The number of morpholine rings is 1. The van der Waals surface area contributed by atoms with E-state index in [1.54, 1.807) is 41.3 Å². The van der Waals surface area contributed by atoms with Gasteiger partial charge in [0.15, 0.2) is 0 Å². The number of imide groups is 2. The molecule has 3 aliphatic heterocycles. The van der Waals surface area contributed by atoms with Crippen LogP contribution in [0.1, 0.15) is 36.8 Å². The molecular weight excluding hydrogens is 790 g/mol. The predicted molar refractivity (Wildman–Crippen MR) is 225 cm³/mol. The maximum atomic E-state index is 15.3. The number of rotatable bonds is 6. The Labute approximate surface area is 349 Å². The number of aromatic hydroxyl groups is 1. The molecule has 4 amide bonds. The van der Waals surface area contributed by atoms with Crippen molar-refractivity contribution in [1.82, 2.24) is 9.78 Å². The standard InChI is InChI=1S/C45H42ClN5O7S/c1-23-31-19-24(46)5-14-36(31)59-40(23)34-22-37(48(3)47-34)51-42(54)33-21-32-28(39(45(33,2)44(51)56)29-11-10-27(52)20-35(29)57-4)12-13-30-38(32)43(55)50(41(30)53)26-8-6-25(7-9-26)49-15-17-58-18-16-49/h5-12,14,19-20,22,30,32-33,38-39,52H,13,15-18,21H2,1-4H3. The molecule has 3 aromatic carbocycles. The summed E-state index contributed by atoms with van der Waals surface area (Å²) in [6, 6.07) is 19.8. The fourth-order valence-electron chi connectivity index (χ4n) is 10.6. The average Bonchev–Trinajstić information content (AvgIpc) is 3.91. The summed E-state index contributed by atoms with van der Waals surface area (Å²) >= 11 is 7.91. The minimum absolute atomic E-state index is 0.0131. The van der Waals surface area contributed by atoms with Crippen LogP contribution in [0, 0.1) is 36.0 Å². The minimum Gasteiger partial charge on any atom is -0.508 e. The predicted octanol–water partition coefficient (Wildman–Crippen LogP) is 7.25. The van der Waals surface area contributed by atoms with Crippen LogP contribution in [0.25, 0.3) is 20.7 Å². The van der Waals surface area contributed by atoms with Gasteiger partial charge < -0.3 is 19.5 Å². The average molecular weight is 832 g/mol. The molecule has 0 bridgehead atoms. The van der Waals surface area contributed by atoms with Crippen molar-refractivity contribution in [3.8, 4) is 22.1 Å². The number of fused-ring (bicyclic) bond motifs is 5. The van der Waals surface area contributed by atoms with E-state index in [0.717, 1.165) is 44.9 Å². The summed E-state index contributed by atoms with van der Waals surface area (Å²) in [5.41, 5.74) is 3.26. The van der Waals surface area contributed by atoms with Crippen LogP contribution >= 0.6 is 22.9 Å². The summed E-state index contributed by atoms with van der Waals surface area (Å²) in [6.07, 6.45) is 2.52. The van der Waals surface area contributed by atoms with Gasteiger partial charge in [-0.05, 0) is 92.1 Å². The van der Waals surface area contributed by atoms with Crippen molar-refractivity contribution in [2.75, 3.05) is 48.1 Å². The SMILES string of the molecule is COc1cc(O)ccc1C1C2=CCC3C(=O)N(c4ccc(N5CCOCC5)cc4)C(=O)C3C2CC2C(=O)N(c3cc(-c4sc5ccc(Cl)cc5c4C)nn3C)C(=O)C21C. The number of anilines is 3. The Bertz CT molecular complexity index is 2650. The highest BCUT2D eigenvalue weighted by Crippen LogP contribution is 2.65. The number of halogens is 1. The fourth-order valence-corrected chi connectivity index (χ4v) is 11.9. The highest BCUT2D eigenvalue weighted by atomic mass is 35.5. The van der Waals surface area contributed by atoms with Crippen molar-refractivity contribution in [3.63, 3.8) is 0 Å². The van der Waals surface area contributed by atoms with E-state index >= 15 is 9.59 Å². The maximum Gasteiger partial charge on any atom is 0.242 e. The van der Waals surface area contributed by atoms with Gasteiger partial charge in [-0.3, -0.25) is 28.8 Å². The number of phenols is 1. The molecule has 0 spiro atoms. The lowest BCUT2D eigenvalue weighted by Crippen LogP contribution is -2.49. The fraction of sp³-hybridized carbons (Fsp3) is 0.356. The van der Waals surface area contributed by atoms with E-state index in [2.05, 4.69) is 4.90 Å². The molecule has 0 radical (unpaired) electrons. The molecule has 1 saturated carbocycles. The second-order valence-corrected chi connectivity index (χ2v) is 17.9. The first-order valence-corrected chi connectivity index (χ1v) is 21.1. The van der Waals surface area contributed by atoms with Crippen LogP contribution in [0.15, 0.2) is 78.4 Å². The van der Waals surface area contributed by atoms with E-state index in [4.69, 9.17) is 26.2 Å². The van der Waals surface area contributed by atoms with Crippen molar-refractivity contribution in [1.29, 1.82) is 0 Å². The molecule has 6 unspecified atom stereocenters. The molecule has 5 heterocycles. The first kappa shape index (κ1) is 37.7. The number of nitrogens with zero attached hydrogens (tertiary/aromatic N) is 5. The van der Waals surface area contributed by atoms with E-state index in [1.165, 1.54) is 23.0 Å². The Morgan fingerprint density at radius 1 is 0.915 bits per heavy atom. The van der Waals surface area contributed by atoms with Gasteiger partial charge in [-0.1, -0.05) is 29.3 Å². The zero-order valence-electron chi connectivity index (χ0n) is 33.0. The van der Waals surface area contributed by atoms with Gasteiger partial charge in [0.25, 0.3) is 0 Å². The summed E-state index contributed by atoms with van der Waals surface area (Å²) in [5, 5.41) is 17.0. The Hall–Kier alpha value is -5.50. The molecule has 1 N–H and O–H groups in total. The molecule has 59 heavy (non-hydrogen) atoms. The largest absolute Gasteiger partial charge is 0.508 e. The van der Waals surface area contributed by atoms with Crippen LogP contribution in [0.5, 0.6) is 11.5 Å². The third kappa shape index (κ3) is 5.54. The molecule has 10 rings (SSSR count). The van der Waals surface area contributed by atoms with Gasteiger partial charge in [0.2, 0.25) is 23.6 Å². The van der Waals surface area contributed by atoms with Gasteiger partial charge in [-0.2, -0.15) is 5.10 Å². The van der Waals surface area contributed by atoms with Crippen molar-refractivity contribution in [3.05, 3.63) is 94.5 Å². The van der Waals surface area contributed by atoms with Crippen LogP contribution in [-0.2, 0) is 31.0 Å². The van der Waals surface area contributed by atoms with E-state index in [-0.39, 0.29) is 35.8 Å². The molecule has 14 heteroatoms. The van der Waals surface area contributed by atoms with Crippen LogP contribution in [0.3, 0.4) is 0 Å². The van der Waals surface area contributed by atoms with Crippen molar-refractivity contribution in [2.24, 2.45) is 36.1 Å². The number of carbonyl (C=O) groups is 4. The van der Waals surface area contributed by atoms with E-state index in [0.29, 0.717) is 53.2 Å². The van der Waals surface area contributed by atoms with E-state index in [9.17, 15) is 14.7 Å². The number of hydrogen-bond acceptors (Lipinski definition) is 10. The van der Waals surface area contributed by atoms with Crippen molar-refractivity contribution < 1.29 is 33.8 Å². The molecule has 6 atom stereocenters. The molecule has 302 valence electrons. The summed E-state index contributed by atoms with van der Waals surface area (Å²) in [4.78, 5) is 65.0. The van der Waals surface area contributed by atoms with Gasteiger partial charge in [0.05, 0.1) is 54.1 Å². The second-order valence-electron chi connectivity index (χ2n) is 16.4. The highest BCUT2D eigenvalue weighted by Gasteiger charge is 2.68. The summed E-state index contributed by atoms with van der Waals surface area (Å²) in [6.45, 7) is 6.64. The lowest BCUT2D eigenvalue weighted by molar-refractivity contribution is -0.131. The minimum atomic E-state index is -1.31. The zero-order valence-corrected chi connectivity index (χ0v) is 34.5. The van der Waals surface area contributed by atoms with Crippen LogP contribution in [0.4, 0.5) is 17.2 Å². The number of benzene rings is 3. The number of amides is 4. The lowest BCUT2D eigenvalue weighted by Gasteiger charge is -2.49. The smallest absolute Gasteiger partial charge is 0.242 e. The molecule has 12 nitrogen and oxygen atoms in total. The Kier molecular flexibility index (Phi) is 8.82. The lowest BCUT2D eigenvalue weighted by atomic mass is 9.51. The third-order valence-electron chi connectivity index (χ3n) is 13.5. The topological polar surface area (TPSA) is 135 Å². The third-order valence-corrected chi connectivity index (χ3v) is 15.0. The Morgan fingerprint density at radius 2 is 1.66 bits per heavy atom. The van der Waals surface area contributed by atoms with Crippen molar-refractivity contribution >= 4 is 73.8 Å². The van der Waals surface area contributed by atoms with Gasteiger partial charge in [0.1, 0.15) is 23.0 Å². The van der Waals surface area contributed by atoms with Gasteiger partial charge in [-0.25, -0.2) is 4.90 Å². The number of hydrogen-bond donors (Lipinski definition) is 1. The Morgan fingerprint density at radius 3 is 2.41 bits per heavy atom. The number of aromatic nitrogens is 2. The first-order chi connectivity index (χ1) is 28.4. The van der Waals surface area contributed by atoms with Crippen LogP contribution in [0.2, 0.25) is 5.02 Å². The van der Waals surface area contributed by atoms with Gasteiger partial charge >= 0.3 is 0 Å². The maximum absolute atomic E-state index is 15.3. The first-order valence-electron chi connectivity index (χ1n) is 19.9. The summed E-state index contributed by atoms with van der Waals surface area (Å²) in [5.74, 6) is -4.10. The molecule has 4 fully saturated rings.